The van der Waals surface area contributed by atoms with Gasteiger partial charge in [0.1, 0.15) is 18.1 Å². The molecule has 0 aliphatic rings. The number of benzene rings is 1. The SMILES string of the molecule is C=C/C(Cl)=C\C(=C(C)C)c1cc(=O)n(C(C)C(=O)Nc2ccc3ncncc3c2)cc1OC. The van der Waals surface area contributed by atoms with Gasteiger partial charge in [0.15, 0.2) is 0 Å². The third-order valence-electron chi connectivity index (χ3n) is 5.14. The maximum atomic E-state index is 13.0. The number of pyridine rings is 1. The average Bonchev–Trinajstić information content (AvgIpc) is 2.81. The molecule has 3 rings (SSSR count). The summed E-state index contributed by atoms with van der Waals surface area (Å²) in [7, 11) is 1.51. The van der Waals surface area contributed by atoms with Gasteiger partial charge in [-0.2, -0.15) is 0 Å². The summed E-state index contributed by atoms with van der Waals surface area (Å²) < 4.78 is 6.88. The van der Waals surface area contributed by atoms with E-state index in [1.54, 1.807) is 37.4 Å². The fourth-order valence-corrected chi connectivity index (χ4v) is 3.44. The molecule has 3 aromatic rings. The van der Waals surface area contributed by atoms with Crippen LogP contribution >= 0.6 is 11.6 Å². The second-order valence-electron chi connectivity index (χ2n) is 7.61. The van der Waals surface area contributed by atoms with E-state index in [4.69, 9.17) is 16.3 Å². The Balaban J connectivity index is 1.95. The second kappa shape index (κ2) is 10.3. The van der Waals surface area contributed by atoms with Crippen LogP contribution in [0.15, 0.2) is 77.1 Å². The van der Waals surface area contributed by atoms with Gasteiger partial charge in [-0.05, 0) is 50.6 Å². The second-order valence-corrected chi connectivity index (χ2v) is 8.05. The van der Waals surface area contributed by atoms with Gasteiger partial charge in [-0.3, -0.25) is 14.2 Å². The molecule has 7 nitrogen and oxygen atoms in total. The van der Waals surface area contributed by atoms with Crippen LogP contribution in [0.25, 0.3) is 16.5 Å². The summed E-state index contributed by atoms with van der Waals surface area (Å²) in [4.78, 5) is 34.1. The van der Waals surface area contributed by atoms with Crippen LogP contribution in [0, 0.1) is 0 Å². The lowest BCUT2D eigenvalue weighted by atomic mass is 10.0. The van der Waals surface area contributed by atoms with E-state index < -0.39 is 6.04 Å². The van der Waals surface area contributed by atoms with Crippen LogP contribution in [0.1, 0.15) is 32.4 Å². The van der Waals surface area contributed by atoms with Crippen molar-refractivity contribution in [3.05, 3.63) is 88.2 Å². The maximum Gasteiger partial charge on any atom is 0.252 e. The first-order valence-corrected chi connectivity index (χ1v) is 10.6. The highest BCUT2D eigenvalue weighted by Crippen LogP contribution is 2.30. The van der Waals surface area contributed by atoms with Crippen molar-refractivity contribution in [2.24, 2.45) is 0 Å². The summed E-state index contributed by atoms with van der Waals surface area (Å²) in [5.41, 5.74) is 3.28. The first-order valence-electron chi connectivity index (χ1n) is 10.2. The standard InChI is InChI=1S/C25H25ClN4O3/c1-6-18(26)10-20(15(2)3)21-11-24(31)30(13-23(21)33-5)16(4)25(32)29-19-7-8-22-17(9-19)12-27-14-28-22/h6-14,16H,1H2,2-5H3,(H,29,32)/b18-10+. The van der Waals surface area contributed by atoms with E-state index in [0.29, 0.717) is 22.0 Å². The number of rotatable bonds is 7. The Bertz CT molecular complexity index is 1340. The first kappa shape index (κ1) is 23.9. The number of allylic oxidation sites excluding steroid dienone is 5. The molecular weight excluding hydrogens is 440 g/mol. The Morgan fingerprint density at radius 2 is 2.06 bits per heavy atom. The number of amides is 1. The number of nitrogens with zero attached hydrogens (tertiary/aromatic N) is 3. The lowest BCUT2D eigenvalue weighted by Gasteiger charge is -2.19. The number of carbonyl (C=O) groups is 1. The number of carbonyl (C=O) groups excluding carboxylic acids is 1. The quantitative estimate of drug-likeness (QED) is 0.491. The van der Waals surface area contributed by atoms with Gasteiger partial charge in [-0.1, -0.05) is 29.8 Å². The Hall–Kier alpha value is -3.71. The molecule has 0 fully saturated rings. The van der Waals surface area contributed by atoms with Gasteiger partial charge < -0.3 is 10.1 Å². The van der Waals surface area contributed by atoms with Crippen LogP contribution in [0.4, 0.5) is 5.69 Å². The molecule has 1 amide bonds. The summed E-state index contributed by atoms with van der Waals surface area (Å²) >= 11 is 6.15. The third kappa shape index (κ3) is 5.38. The lowest BCUT2D eigenvalue weighted by molar-refractivity contribution is -0.118. The van der Waals surface area contributed by atoms with Gasteiger partial charge >= 0.3 is 0 Å². The molecule has 0 bridgehead atoms. The monoisotopic (exact) mass is 464 g/mol. The van der Waals surface area contributed by atoms with Gasteiger partial charge in [0.25, 0.3) is 5.56 Å². The molecule has 0 saturated heterocycles. The van der Waals surface area contributed by atoms with Gasteiger partial charge in [0.2, 0.25) is 5.91 Å². The lowest BCUT2D eigenvalue weighted by Crippen LogP contribution is -2.31. The number of ether oxygens (including phenoxy) is 1. The van der Waals surface area contributed by atoms with E-state index >= 15 is 0 Å². The maximum absolute atomic E-state index is 13.0. The zero-order valence-electron chi connectivity index (χ0n) is 18.9. The number of anilines is 1. The van der Waals surface area contributed by atoms with Crippen molar-refractivity contribution in [3.63, 3.8) is 0 Å². The van der Waals surface area contributed by atoms with E-state index in [9.17, 15) is 9.59 Å². The van der Waals surface area contributed by atoms with Crippen molar-refractivity contribution < 1.29 is 9.53 Å². The number of hydrogen-bond donors (Lipinski definition) is 1. The highest BCUT2D eigenvalue weighted by Gasteiger charge is 2.20. The molecule has 0 spiro atoms. The fraction of sp³-hybridized carbons (Fsp3) is 0.200. The fourth-order valence-electron chi connectivity index (χ4n) is 3.33. The van der Waals surface area contributed by atoms with Crippen molar-refractivity contribution in [3.8, 4) is 5.75 Å². The molecular formula is C25H25ClN4O3. The Morgan fingerprint density at radius 3 is 2.73 bits per heavy atom. The number of halogens is 1. The average molecular weight is 465 g/mol. The predicted octanol–water partition coefficient (Wildman–Crippen LogP) is 5.10. The number of hydrogen-bond acceptors (Lipinski definition) is 5. The van der Waals surface area contributed by atoms with Crippen LogP contribution in [-0.4, -0.2) is 27.6 Å². The zero-order chi connectivity index (χ0) is 24.1. The number of aromatic nitrogens is 3. The molecule has 33 heavy (non-hydrogen) atoms. The Kier molecular flexibility index (Phi) is 7.45. The van der Waals surface area contributed by atoms with E-state index in [0.717, 1.165) is 22.0 Å². The van der Waals surface area contributed by atoms with E-state index in [1.807, 2.05) is 13.8 Å². The molecule has 1 atom stereocenters. The zero-order valence-corrected chi connectivity index (χ0v) is 19.7. The molecule has 1 unspecified atom stereocenters. The molecule has 1 aromatic carbocycles. The van der Waals surface area contributed by atoms with E-state index in [-0.39, 0.29) is 11.5 Å². The minimum absolute atomic E-state index is 0.345. The van der Waals surface area contributed by atoms with Crippen molar-refractivity contribution >= 4 is 39.7 Å². The minimum Gasteiger partial charge on any atom is -0.495 e. The van der Waals surface area contributed by atoms with Gasteiger partial charge in [0.05, 0.1) is 18.8 Å². The molecule has 1 N–H and O–H groups in total. The van der Waals surface area contributed by atoms with Crippen molar-refractivity contribution in [1.82, 2.24) is 14.5 Å². The van der Waals surface area contributed by atoms with Gasteiger partial charge in [0, 0.05) is 33.9 Å². The van der Waals surface area contributed by atoms with Crippen molar-refractivity contribution in [2.45, 2.75) is 26.8 Å². The van der Waals surface area contributed by atoms with Crippen LogP contribution in [0.3, 0.4) is 0 Å². The topological polar surface area (TPSA) is 86.1 Å². The minimum atomic E-state index is -0.786. The largest absolute Gasteiger partial charge is 0.495 e. The van der Waals surface area contributed by atoms with Crippen LogP contribution in [0.5, 0.6) is 5.75 Å². The molecule has 8 heteroatoms. The molecule has 170 valence electrons. The summed E-state index contributed by atoms with van der Waals surface area (Å²) in [6, 6.07) is 5.99. The number of methoxy groups -OCH3 is 1. The summed E-state index contributed by atoms with van der Waals surface area (Å²) in [6.45, 7) is 9.14. The normalized spacial score (nSPS) is 12.2. The molecule has 0 radical (unpaired) electrons. The van der Waals surface area contributed by atoms with Crippen LogP contribution in [0.2, 0.25) is 0 Å². The van der Waals surface area contributed by atoms with Gasteiger partial charge in [-0.15, -0.1) is 0 Å². The Labute approximate surface area is 197 Å². The third-order valence-corrected chi connectivity index (χ3v) is 5.40. The summed E-state index contributed by atoms with van der Waals surface area (Å²) in [5, 5.41) is 4.08. The highest BCUT2D eigenvalue weighted by molar-refractivity contribution is 6.31. The predicted molar refractivity (Wildman–Crippen MR) is 133 cm³/mol. The van der Waals surface area contributed by atoms with Crippen LogP contribution < -0.4 is 15.6 Å². The Morgan fingerprint density at radius 1 is 1.30 bits per heavy atom. The summed E-state index contributed by atoms with van der Waals surface area (Å²) in [5.74, 6) is 0.0956. The highest BCUT2D eigenvalue weighted by atomic mass is 35.5. The molecule has 0 aliphatic heterocycles. The molecule has 0 saturated carbocycles. The van der Waals surface area contributed by atoms with Crippen molar-refractivity contribution in [1.29, 1.82) is 0 Å². The number of nitrogens with one attached hydrogen (secondary N) is 1. The smallest absolute Gasteiger partial charge is 0.252 e. The molecule has 0 aliphatic carbocycles. The van der Waals surface area contributed by atoms with Crippen LogP contribution in [-0.2, 0) is 4.79 Å². The van der Waals surface area contributed by atoms with E-state index in [1.165, 1.54) is 36.3 Å². The summed E-state index contributed by atoms with van der Waals surface area (Å²) in [6.07, 6.45) is 7.92. The van der Waals surface area contributed by atoms with Gasteiger partial charge in [-0.25, -0.2) is 9.97 Å². The molecule has 2 heterocycles. The molecule has 2 aromatic heterocycles. The van der Waals surface area contributed by atoms with Crippen molar-refractivity contribution in [2.75, 3.05) is 12.4 Å². The first-order chi connectivity index (χ1) is 15.7. The van der Waals surface area contributed by atoms with E-state index in [2.05, 4.69) is 21.9 Å². The number of fused-ring (bicyclic) bond motifs is 1.